The largest absolute Gasteiger partial charge is 1.00 e. The van der Waals surface area contributed by atoms with Crippen LogP contribution in [-0.4, -0.2) is 22.9 Å². The number of nitriles is 2. The van der Waals surface area contributed by atoms with Crippen LogP contribution >= 0.6 is 0 Å². The molecule has 0 fully saturated rings. The Hall–Kier alpha value is 1.83. The number of hydrogen-bond donors (Lipinski definition) is 0. The van der Waals surface area contributed by atoms with Crippen LogP contribution in [0.1, 0.15) is 7.43 Å². The van der Waals surface area contributed by atoms with Gasteiger partial charge < -0.3 is 26.3 Å². The molecule has 0 unspecified atom stereocenters. The van der Waals surface area contributed by atoms with Gasteiger partial charge in [0, 0.05) is 5.69 Å². The van der Waals surface area contributed by atoms with Crippen LogP contribution in [-0.2, 0) is 0 Å². The Kier molecular flexibility index (Phi) is 73.6. The summed E-state index contributed by atoms with van der Waals surface area (Å²) in [6.45, 7) is -0.104. The van der Waals surface area contributed by atoms with E-state index in [1.165, 1.54) is 0 Å². The van der Waals surface area contributed by atoms with Crippen LogP contribution in [0.4, 0.5) is 47.9 Å². The van der Waals surface area contributed by atoms with Crippen molar-refractivity contribution in [2.24, 2.45) is 0 Å². The van der Waals surface area contributed by atoms with Gasteiger partial charge in [-0.15, -0.1) is 0 Å². The van der Waals surface area contributed by atoms with Gasteiger partial charge in [-0.3, -0.25) is 21.6 Å². The van der Waals surface area contributed by atoms with Crippen LogP contribution in [0, 0.1) is 35.5 Å². The first-order valence-corrected chi connectivity index (χ1v) is 8.21. The fourth-order valence-corrected chi connectivity index (χ4v) is 0. The molecule has 2 nitrogen and oxygen atoms in total. The van der Waals surface area contributed by atoms with E-state index in [9.17, 15) is 47.9 Å². The van der Waals surface area contributed by atoms with Gasteiger partial charge in [-0.25, -0.2) is 10.5 Å². The maximum Gasteiger partial charge on any atom is 1.00 e. The van der Waals surface area contributed by atoms with Crippen molar-refractivity contribution in [1.82, 2.24) is 0 Å². The molecular formula is C8H13B2F11K2N2Si. The zero-order chi connectivity index (χ0) is 20.2. The zero-order valence-corrected chi connectivity index (χ0v) is 21.0. The van der Waals surface area contributed by atoms with E-state index in [0.717, 1.165) is 0 Å². The second-order valence-corrected chi connectivity index (χ2v) is 8.19. The Morgan fingerprint density at radius 1 is 0.731 bits per heavy atom. The van der Waals surface area contributed by atoms with Crippen LogP contribution in [0.15, 0.2) is 0 Å². The summed E-state index contributed by atoms with van der Waals surface area (Å²) in [7, 11) is -7.80. The summed E-state index contributed by atoms with van der Waals surface area (Å²) in [6.07, 6.45) is 0. The summed E-state index contributed by atoms with van der Waals surface area (Å²) >= 11 is 0. The maximum atomic E-state index is 10.4. The second-order valence-electron chi connectivity index (χ2n) is 3.47. The summed E-state index contributed by atoms with van der Waals surface area (Å²) in [5.41, 5.74) is 2.24. The molecule has 0 aromatic carbocycles. The molecule has 0 radical (unpaired) electrons. The number of hydrogen-bond acceptors (Lipinski definition) is 2. The van der Waals surface area contributed by atoms with Gasteiger partial charge in [0.05, 0.1) is 5.97 Å². The molecular weight excluding hydrogens is 461 g/mol. The van der Waals surface area contributed by atoms with Gasteiger partial charge in [0.2, 0.25) is 0 Å². The number of rotatable bonds is 0. The van der Waals surface area contributed by atoms with Crippen LogP contribution in [0.25, 0.3) is 0 Å². The summed E-state index contributed by atoms with van der Waals surface area (Å²) in [5, 5.41) is 15.4. The molecule has 26 heavy (non-hydrogen) atoms. The van der Waals surface area contributed by atoms with Crippen LogP contribution in [0.2, 0.25) is 19.6 Å². The molecule has 0 amide bonds. The Labute approximate surface area is 232 Å². The van der Waals surface area contributed by atoms with Crippen molar-refractivity contribution >= 4 is 22.9 Å². The van der Waals surface area contributed by atoms with Crippen molar-refractivity contribution in [2.45, 2.75) is 27.1 Å². The Morgan fingerprint density at radius 3 is 0.808 bits per heavy atom. The van der Waals surface area contributed by atoms with Gasteiger partial charge in [0.1, 0.15) is 0 Å². The molecule has 0 N–H and O–H groups in total. The van der Waals surface area contributed by atoms with E-state index in [1.807, 2.05) is 19.6 Å². The van der Waals surface area contributed by atoms with Crippen molar-refractivity contribution in [3.8, 4) is 11.7 Å². The number of halogens is 11. The van der Waals surface area contributed by atoms with Crippen molar-refractivity contribution in [1.29, 1.82) is 10.5 Å². The Bertz CT molecular complexity index is 290. The SMILES string of the molecule is C.C[Si](C)(C)C#N.FB(F)F.F[C-](F)F.F[C-](F)F.N#CB(F)F.[K+].[K+]. The molecule has 0 aliphatic rings. The number of nitrogens with zero attached hydrogens (tertiary/aromatic N) is 2. The molecule has 0 aliphatic carbocycles. The molecule has 0 saturated heterocycles. The topological polar surface area (TPSA) is 47.6 Å². The van der Waals surface area contributed by atoms with Gasteiger partial charge in [0.25, 0.3) is 0 Å². The minimum atomic E-state index is -3.67. The molecule has 0 spiro atoms. The van der Waals surface area contributed by atoms with E-state index in [0.29, 0.717) is 5.97 Å². The van der Waals surface area contributed by atoms with Crippen molar-refractivity contribution in [3.63, 3.8) is 0 Å². The summed E-state index contributed by atoms with van der Waals surface area (Å²) in [6, 6.07) is 0. The second kappa shape index (κ2) is 37.6. The monoisotopic (exact) mass is 474 g/mol. The van der Waals surface area contributed by atoms with Crippen LogP contribution in [0.5, 0.6) is 0 Å². The first-order chi connectivity index (χ1) is 10.0. The van der Waals surface area contributed by atoms with Gasteiger partial charge in [-0.05, 0) is 0 Å². The summed E-state index contributed by atoms with van der Waals surface area (Å²) in [4.78, 5) is 0. The van der Waals surface area contributed by atoms with E-state index in [-0.39, 0.29) is 110 Å². The predicted octanol–water partition coefficient (Wildman–Crippen LogP) is 0.0714. The minimum absolute atomic E-state index is 0. The molecule has 18 heteroatoms. The quantitative estimate of drug-likeness (QED) is 0.284. The molecule has 0 aliphatic heterocycles. The van der Waals surface area contributed by atoms with E-state index >= 15 is 0 Å². The van der Waals surface area contributed by atoms with E-state index in [2.05, 4.69) is 5.69 Å². The minimum Gasteiger partial charge on any atom is -0.385 e. The predicted molar refractivity (Wildman–Crippen MR) is 71.5 cm³/mol. The normalized spacial score (nSPS) is 7.31. The first kappa shape index (κ1) is 50.9. The van der Waals surface area contributed by atoms with Gasteiger partial charge >= 0.3 is 118 Å². The Morgan fingerprint density at radius 2 is 0.808 bits per heavy atom. The zero-order valence-electron chi connectivity index (χ0n) is 13.7. The van der Waals surface area contributed by atoms with Gasteiger partial charge in [0.15, 0.2) is 21.4 Å². The average molecular weight is 474 g/mol. The van der Waals surface area contributed by atoms with Crippen LogP contribution in [0.3, 0.4) is 0 Å². The van der Waals surface area contributed by atoms with E-state index in [4.69, 9.17) is 10.5 Å². The smallest absolute Gasteiger partial charge is 0.385 e. The standard InChI is InChI=1S/C4H9NSi.CBF2N.2CF3.CH4.BF3.2K/c1-6(2,3)4-5;3-2(4)1-5;2*2-1(3)4;;2-1(3)4;;/h1-3H3;;;;1H4;;;/q;;2*-1;;;2*+1. The van der Waals surface area contributed by atoms with Crippen LogP contribution < -0.4 is 103 Å². The molecule has 0 bridgehead atoms. The maximum absolute atomic E-state index is 10.4. The molecule has 0 aromatic rings. The third-order valence-electron chi connectivity index (χ3n) is 0.433. The molecule has 0 heterocycles. The molecule has 0 rings (SSSR count). The third kappa shape index (κ3) is 341. The fraction of sp³-hybridized carbons (Fsp3) is 0.500. The van der Waals surface area contributed by atoms with Gasteiger partial charge in [-0.1, -0.05) is 27.1 Å². The molecule has 0 aromatic heterocycles. The fourth-order valence-electron chi connectivity index (χ4n) is 0. The first-order valence-electron chi connectivity index (χ1n) is 4.71. The van der Waals surface area contributed by atoms with E-state index < -0.39 is 36.2 Å². The Balaban J connectivity index is -0.0000000255. The van der Waals surface area contributed by atoms with E-state index in [1.54, 1.807) is 0 Å². The average Bonchev–Trinajstić information content (AvgIpc) is 2.26. The summed E-state index contributed by atoms with van der Waals surface area (Å²) in [5.74, 6) is 0.694. The van der Waals surface area contributed by atoms with Gasteiger partial charge in [-0.2, -0.15) is 0 Å². The van der Waals surface area contributed by atoms with Crippen molar-refractivity contribution < 1.29 is 151 Å². The van der Waals surface area contributed by atoms with Crippen molar-refractivity contribution in [3.05, 3.63) is 13.4 Å². The summed E-state index contributed by atoms with van der Waals surface area (Å²) < 4.78 is 107. The molecule has 144 valence electrons. The van der Waals surface area contributed by atoms with Crippen molar-refractivity contribution in [2.75, 3.05) is 0 Å². The third-order valence-corrected chi connectivity index (χ3v) is 1.10. The molecule has 0 saturated carbocycles. The molecule has 0 atom stereocenters.